The van der Waals surface area contributed by atoms with Crippen molar-refractivity contribution in [3.63, 3.8) is 0 Å². The number of hydrogen-bond donors (Lipinski definition) is 2. The SMILES string of the molecule is C=C/C=c1\c(=C/[NH2+]OC)c(NC(C)(C)CC)cc(=O)n1C. The van der Waals surface area contributed by atoms with Crippen LogP contribution in [0.25, 0.3) is 12.3 Å². The average Bonchev–Trinajstić information content (AvgIpc) is 2.43. The van der Waals surface area contributed by atoms with E-state index in [1.807, 2.05) is 12.3 Å². The third-order valence-corrected chi connectivity index (χ3v) is 3.53. The molecule has 0 amide bonds. The number of hydroxylamine groups is 1. The highest BCUT2D eigenvalue weighted by Gasteiger charge is 2.16. The highest BCUT2D eigenvalue weighted by molar-refractivity contribution is 5.50. The number of allylic oxidation sites excluding steroid dienone is 1. The van der Waals surface area contributed by atoms with Gasteiger partial charge in [-0.3, -0.25) is 4.79 Å². The van der Waals surface area contributed by atoms with Crippen LogP contribution in [0.2, 0.25) is 0 Å². The molecule has 5 nitrogen and oxygen atoms in total. The molecule has 0 aliphatic rings. The molecule has 0 fully saturated rings. The Morgan fingerprint density at radius 1 is 1.52 bits per heavy atom. The zero-order valence-corrected chi connectivity index (χ0v) is 13.6. The quantitative estimate of drug-likeness (QED) is 0.715. The molecule has 1 rings (SSSR count). The second-order valence-corrected chi connectivity index (χ2v) is 5.56. The molecular formula is C16H26N3O2+. The minimum absolute atomic E-state index is 0.0629. The number of nitrogens with one attached hydrogen (secondary N) is 1. The van der Waals surface area contributed by atoms with E-state index >= 15 is 0 Å². The summed E-state index contributed by atoms with van der Waals surface area (Å²) in [7, 11) is 3.34. The highest BCUT2D eigenvalue weighted by Crippen LogP contribution is 2.13. The molecule has 21 heavy (non-hydrogen) atoms. The van der Waals surface area contributed by atoms with E-state index < -0.39 is 0 Å². The van der Waals surface area contributed by atoms with Crippen LogP contribution in [0.4, 0.5) is 5.69 Å². The lowest BCUT2D eigenvalue weighted by Gasteiger charge is -2.26. The van der Waals surface area contributed by atoms with Gasteiger partial charge in [-0.05, 0) is 26.3 Å². The Hall–Kier alpha value is -1.85. The van der Waals surface area contributed by atoms with Crippen molar-refractivity contribution < 1.29 is 10.3 Å². The van der Waals surface area contributed by atoms with Crippen LogP contribution in [0.15, 0.2) is 23.5 Å². The average molecular weight is 292 g/mol. The fourth-order valence-electron chi connectivity index (χ4n) is 1.92. The van der Waals surface area contributed by atoms with E-state index in [9.17, 15) is 4.79 Å². The molecule has 3 N–H and O–H groups in total. The Kier molecular flexibility index (Phi) is 5.93. The van der Waals surface area contributed by atoms with E-state index in [-0.39, 0.29) is 11.1 Å². The van der Waals surface area contributed by atoms with Crippen molar-refractivity contribution in [3.05, 3.63) is 39.6 Å². The van der Waals surface area contributed by atoms with Gasteiger partial charge in [-0.25, -0.2) is 4.84 Å². The number of nitrogens with zero attached hydrogens (tertiary/aromatic N) is 1. The molecule has 1 aromatic rings. The lowest BCUT2D eigenvalue weighted by Crippen LogP contribution is -2.77. The van der Waals surface area contributed by atoms with Crippen molar-refractivity contribution in [1.29, 1.82) is 0 Å². The van der Waals surface area contributed by atoms with Gasteiger partial charge in [0, 0.05) is 18.7 Å². The number of hydrogen-bond acceptors (Lipinski definition) is 3. The van der Waals surface area contributed by atoms with Crippen molar-refractivity contribution in [3.8, 4) is 0 Å². The molecule has 0 spiro atoms. The first-order valence-corrected chi connectivity index (χ1v) is 7.03. The number of nitrogens with two attached hydrogens (primary N) is 1. The van der Waals surface area contributed by atoms with Gasteiger partial charge in [-0.15, -0.1) is 0 Å². The Bertz CT molecular complexity index is 672. The Labute approximate surface area is 125 Å². The summed E-state index contributed by atoms with van der Waals surface area (Å²) < 4.78 is 1.60. The fourth-order valence-corrected chi connectivity index (χ4v) is 1.92. The van der Waals surface area contributed by atoms with Gasteiger partial charge in [-0.2, -0.15) is 5.48 Å². The topological polar surface area (TPSA) is 59.9 Å². The van der Waals surface area contributed by atoms with Crippen LogP contribution >= 0.6 is 0 Å². The smallest absolute Gasteiger partial charge is 0.252 e. The van der Waals surface area contributed by atoms with Gasteiger partial charge >= 0.3 is 0 Å². The Morgan fingerprint density at radius 2 is 2.19 bits per heavy atom. The van der Waals surface area contributed by atoms with Crippen LogP contribution in [-0.4, -0.2) is 17.2 Å². The van der Waals surface area contributed by atoms with Crippen LogP contribution in [0.5, 0.6) is 0 Å². The zero-order chi connectivity index (χ0) is 16.0. The molecule has 1 heterocycles. The number of quaternary nitrogens is 1. The second kappa shape index (κ2) is 7.24. The van der Waals surface area contributed by atoms with Gasteiger partial charge in [0.2, 0.25) is 0 Å². The van der Waals surface area contributed by atoms with Crippen molar-refractivity contribution in [2.45, 2.75) is 32.7 Å². The van der Waals surface area contributed by atoms with E-state index in [4.69, 9.17) is 4.84 Å². The minimum Gasteiger partial charge on any atom is -0.379 e. The summed E-state index contributed by atoms with van der Waals surface area (Å²) in [5, 5.41) is 5.13. The van der Waals surface area contributed by atoms with E-state index in [0.29, 0.717) is 0 Å². The fraction of sp³-hybridized carbons (Fsp3) is 0.438. The number of pyridine rings is 1. The Morgan fingerprint density at radius 3 is 2.71 bits per heavy atom. The first-order chi connectivity index (χ1) is 9.86. The monoisotopic (exact) mass is 292 g/mol. The maximum absolute atomic E-state index is 12.1. The molecule has 5 heteroatoms. The van der Waals surface area contributed by atoms with Crippen molar-refractivity contribution in [1.82, 2.24) is 4.57 Å². The molecule has 0 aliphatic heterocycles. The van der Waals surface area contributed by atoms with Gasteiger partial charge in [0.25, 0.3) is 5.56 Å². The first kappa shape index (κ1) is 17.2. The van der Waals surface area contributed by atoms with Gasteiger partial charge in [0.05, 0.1) is 23.4 Å². The lowest BCUT2D eigenvalue weighted by atomic mass is 10.0. The Balaban J connectivity index is 3.68. The third-order valence-electron chi connectivity index (χ3n) is 3.53. The van der Waals surface area contributed by atoms with Gasteiger partial charge in [0.15, 0.2) is 0 Å². The standard InChI is InChI=1S/C16H25N3O2/c1-7-9-14-12(11-17-21-6)13(10-15(20)19(14)5)18-16(3,4)8-2/h7,9-11,17-18H,1,8H2,2-6H3/p+1/b12-11-,14-9+. The molecule has 0 aliphatic carbocycles. The molecule has 0 saturated carbocycles. The number of aromatic nitrogens is 1. The van der Waals surface area contributed by atoms with Gasteiger partial charge in [0.1, 0.15) is 6.20 Å². The van der Waals surface area contributed by atoms with Crippen LogP contribution in [0.1, 0.15) is 27.2 Å². The van der Waals surface area contributed by atoms with E-state index in [1.165, 1.54) is 0 Å². The summed E-state index contributed by atoms with van der Waals surface area (Å²) >= 11 is 0. The molecule has 0 aromatic carbocycles. The summed E-state index contributed by atoms with van der Waals surface area (Å²) in [6.07, 6.45) is 6.29. The second-order valence-electron chi connectivity index (χ2n) is 5.56. The normalized spacial score (nSPS) is 13.6. The third kappa shape index (κ3) is 4.31. The van der Waals surface area contributed by atoms with Crippen LogP contribution in [-0.2, 0) is 11.9 Å². The maximum Gasteiger partial charge on any atom is 0.252 e. The molecule has 0 radical (unpaired) electrons. The predicted octanol–water partition coefficient (Wildman–Crippen LogP) is -0.185. The summed E-state index contributed by atoms with van der Waals surface area (Å²) in [5.74, 6) is 0. The van der Waals surface area contributed by atoms with Gasteiger partial charge in [-0.1, -0.05) is 19.6 Å². The first-order valence-electron chi connectivity index (χ1n) is 7.03. The number of rotatable bonds is 6. The van der Waals surface area contributed by atoms with E-state index in [1.54, 1.807) is 36.3 Å². The van der Waals surface area contributed by atoms with Crippen LogP contribution in [0, 0.1) is 0 Å². The lowest BCUT2D eigenvalue weighted by molar-refractivity contribution is -0.817. The minimum atomic E-state index is -0.104. The molecular weight excluding hydrogens is 266 g/mol. The van der Waals surface area contributed by atoms with Crippen molar-refractivity contribution >= 4 is 18.0 Å². The number of anilines is 1. The van der Waals surface area contributed by atoms with E-state index in [0.717, 1.165) is 22.7 Å². The largest absolute Gasteiger partial charge is 0.379 e. The maximum atomic E-state index is 12.1. The van der Waals surface area contributed by atoms with Crippen molar-refractivity contribution in [2.75, 3.05) is 12.4 Å². The molecule has 1 aromatic heterocycles. The van der Waals surface area contributed by atoms with Crippen LogP contribution < -0.4 is 26.9 Å². The predicted molar refractivity (Wildman–Crippen MR) is 87.0 cm³/mol. The summed E-state index contributed by atoms with van der Waals surface area (Å²) in [6, 6.07) is 1.62. The van der Waals surface area contributed by atoms with E-state index in [2.05, 4.69) is 32.7 Å². The molecule has 0 bridgehead atoms. The molecule has 116 valence electrons. The summed E-state index contributed by atoms with van der Waals surface area (Å²) in [4.78, 5) is 17.2. The van der Waals surface area contributed by atoms with Crippen LogP contribution in [0.3, 0.4) is 0 Å². The summed E-state index contributed by atoms with van der Waals surface area (Å²) in [6.45, 7) is 10.0. The zero-order valence-electron chi connectivity index (χ0n) is 13.6. The molecule has 0 atom stereocenters. The highest BCUT2D eigenvalue weighted by atomic mass is 16.6. The van der Waals surface area contributed by atoms with Gasteiger partial charge < -0.3 is 9.88 Å². The summed E-state index contributed by atoms with van der Waals surface area (Å²) in [5.41, 5.74) is 2.23. The van der Waals surface area contributed by atoms with Crippen molar-refractivity contribution in [2.24, 2.45) is 7.05 Å². The molecule has 0 unspecified atom stereocenters. The molecule has 0 saturated heterocycles.